The van der Waals surface area contributed by atoms with Crippen LogP contribution in [0.2, 0.25) is 0 Å². The van der Waals surface area contributed by atoms with E-state index in [0.29, 0.717) is 12.8 Å². The Morgan fingerprint density at radius 2 is 0.833 bits per heavy atom. The Labute approximate surface area is 329 Å². The van der Waals surface area contributed by atoms with Crippen molar-refractivity contribution >= 4 is 19.8 Å². The number of phosphoric ester groups is 1. The number of allylic oxidation sites excluding steroid dienone is 12. The van der Waals surface area contributed by atoms with Crippen LogP contribution >= 0.6 is 7.82 Å². The molecule has 0 bridgehead atoms. The van der Waals surface area contributed by atoms with Gasteiger partial charge < -0.3 is 19.3 Å². The minimum absolute atomic E-state index is 0.192. The number of hydrogen-bond acceptors (Lipinski definition) is 6. The molecule has 1 atom stereocenters. The fraction of sp³-hybridized carbons (Fsp3) is 0.689. The molecular weight excluding hydrogens is 699 g/mol. The second-order valence-electron chi connectivity index (χ2n) is 14.0. The highest BCUT2D eigenvalue weighted by molar-refractivity contribution is 7.46. The molecule has 0 aliphatic heterocycles. The van der Waals surface area contributed by atoms with Crippen molar-refractivity contribution in [1.29, 1.82) is 0 Å². The van der Waals surface area contributed by atoms with Crippen molar-refractivity contribution in [2.45, 2.75) is 187 Å². The molecule has 0 aliphatic carbocycles. The number of carbonyl (C=O) groups excluding carboxylic acids is 2. The summed E-state index contributed by atoms with van der Waals surface area (Å²) in [6.07, 6.45) is 51.9. The van der Waals surface area contributed by atoms with Crippen molar-refractivity contribution in [3.63, 3.8) is 0 Å². The fourth-order valence-electron chi connectivity index (χ4n) is 5.50. The maximum Gasteiger partial charge on any atom is 0.469 e. The maximum atomic E-state index is 12.4. The van der Waals surface area contributed by atoms with Crippen molar-refractivity contribution < 1.29 is 37.9 Å². The van der Waals surface area contributed by atoms with Crippen molar-refractivity contribution in [2.24, 2.45) is 0 Å². The maximum absolute atomic E-state index is 12.4. The van der Waals surface area contributed by atoms with Crippen LogP contribution in [0.15, 0.2) is 72.9 Å². The first-order valence-electron chi connectivity index (χ1n) is 21.2. The molecule has 0 aromatic heterocycles. The van der Waals surface area contributed by atoms with E-state index in [1.807, 2.05) is 0 Å². The summed E-state index contributed by atoms with van der Waals surface area (Å²) in [4.78, 5) is 42.9. The van der Waals surface area contributed by atoms with Crippen molar-refractivity contribution in [3.8, 4) is 0 Å². The number of carbonyl (C=O) groups is 2. The summed E-state index contributed by atoms with van der Waals surface area (Å²) < 4.78 is 26.4. The molecule has 2 N–H and O–H groups in total. The lowest BCUT2D eigenvalue weighted by atomic mass is 10.1. The highest BCUT2D eigenvalue weighted by Crippen LogP contribution is 2.36. The molecular formula is C45H77O8P. The van der Waals surface area contributed by atoms with E-state index < -0.39 is 32.5 Å². The molecule has 0 fully saturated rings. The van der Waals surface area contributed by atoms with Gasteiger partial charge in [-0.2, -0.15) is 0 Å². The zero-order valence-corrected chi connectivity index (χ0v) is 35.0. The van der Waals surface area contributed by atoms with Crippen LogP contribution in [0, 0.1) is 0 Å². The predicted octanol–water partition coefficient (Wildman–Crippen LogP) is 13.1. The van der Waals surface area contributed by atoms with Crippen molar-refractivity contribution in [2.75, 3.05) is 13.2 Å². The summed E-state index contributed by atoms with van der Waals surface area (Å²) in [5, 5.41) is 0. The first-order chi connectivity index (χ1) is 26.3. The number of hydrogen-bond donors (Lipinski definition) is 2. The van der Waals surface area contributed by atoms with Gasteiger partial charge >= 0.3 is 19.8 Å². The SMILES string of the molecule is CCCCC/C=C/C/C=C/C/C=C/C/C=C/CCCCCC(=O)OC[C@H](COP(=O)(O)O)OC(=O)CCCCCCCCC/C=C/C/C=C/CCCCC. The first kappa shape index (κ1) is 51.5. The number of ether oxygens (including phenoxy) is 2. The Bertz CT molecular complexity index is 1100. The molecule has 0 spiro atoms. The van der Waals surface area contributed by atoms with Gasteiger partial charge in [0.25, 0.3) is 0 Å². The molecule has 0 aromatic rings. The van der Waals surface area contributed by atoms with Gasteiger partial charge in [-0.05, 0) is 89.9 Å². The molecule has 0 unspecified atom stereocenters. The second kappa shape index (κ2) is 40.2. The molecule has 0 saturated heterocycles. The van der Waals surface area contributed by atoms with Gasteiger partial charge in [0.15, 0.2) is 6.10 Å². The highest BCUT2D eigenvalue weighted by atomic mass is 31.2. The van der Waals surface area contributed by atoms with Gasteiger partial charge in [0.05, 0.1) is 6.61 Å². The van der Waals surface area contributed by atoms with E-state index in [0.717, 1.165) is 70.6 Å². The third-order valence-corrected chi connectivity index (χ3v) is 9.18. The Morgan fingerprint density at radius 3 is 1.26 bits per heavy atom. The van der Waals surface area contributed by atoms with Crippen LogP contribution in [0.25, 0.3) is 0 Å². The van der Waals surface area contributed by atoms with E-state index in [4.69, 9.17) is 19.3 Å². The summed E-state index contributed by atoms with van der Waals surface area (Å²) >= 11 is 0. The van der Waals surface area contributed by atoms with E-state index in [9.17, 15) is 14.2 Å². The van der Waals surface area contributed by atoms with Crippen LogP contribution in [0.3, 0.4) is 0 Å². The van der Waals surface area contributed by atoms with Gasteiger partial charge in [0, 0.05) is 12.8 Å². The molecule has 0 aromatic carbocycles. The number of esters is 2. The highest BCUT2D eigenvalue weighted by Gasteiger charge is 2.22. The largest absolute Gasteiger partial charge is 0.469 e. The monoisotopic (exact) mass is 777 g/mol. The zero-order chi connectivity index (χ0) is 39.6. The predicted molar refractivity (Wildman–Crippen MR) is 225 cm³/mol. The molecule has 8 nitrogen and oxygen atoms in total. The molecule has 0 amide bonds. The molecule has 310 valence electrons. The van der Waals surface area contributed by atoms with Crippen LogP contribution in [-0.2, 0) is 28.2 Å². The zero-order valence-electron chi connectivity index (χ0n) is 34.1. The Kier molecular flexibility index (Phi) is 38.3. The van der Waals surface area contributed by atoms with Gasteiger partial charge in [-0.25, -0.2) is 4.57 Å². The van der Waals surface area contributed by atoms with Gasteiger partial charge in [-0.3, -0.25) is 14.1 Å². The third kappa shape index (κ3) is 42.2. The Morgan fingerprint density at radius 1 is 0.481 bits per heavy atom. The lowest BCUT2D eigenvalue weighted by Crippen LogP contribution is -2.29. The minimum atomic E-state index is -4.77. The van der Waals surface area contributed by atoms with E-state index in [2.05, 4.69) is 91.3 Å². The number of unbranched alkanes of at least 4 members (excludes halogenated alkanes) is 16. The number of rotatable bonds is 38. The molecule has 0 rings (SSSR count). The average molecular weight is 777 g/mol. The van der Waals surface area contributed by atoms with Gasteiger partial charge in [-0.1, -0.05) is 151 Å². The van der Waals surface area contributed by atoms with Crippen LogP contribution in [0.1, 0.15) is 181 Å². The summed E-state index contributed by atoms with van der Waals surface area (Å²) in [6, 6.07) is 0. The molecule has 0 aliphatic rings. The lowest BCUT2D eigenvalue weighted by Gasteiger charge is -2.18. The molecule has 9 heteroatoms. The smallest absolute Gasteiger partial charge is 0.462 e. The first-order valence-corrected chi connectivity index (χ1v) is 22.8. The van der Waals surface area contributed by atoms with Gasteiger partial charge in [0.2, 0.25) is 0 Å². The average Bonchev–Trinajstić information content (AvgIpc) is 3.14. The second-order valence-corrected chi connectivity index (χ2v) is 15.2. The summed E-state index contributed by atoms with van der Waals surface area (Å²) in [7, 11) is -4.77. The summed E-state index contributed by atoms with van der Waals surface area (Å²) in [5.41, 5.74) is 0. The van der Waals surface area contributed by atoms with E-state index in [-0.39, 0.29) is 19.4 Å². The van der Waals surface area contributed by atoms with E-state index >= 15 is 0 Å². The topological polar surface area (TPSA) is 119 Å². The van der Waals surface area contributed by atoms with Crippen LogP contribution in [0.4, 0.5) is 0 Å². The van der Waals surface area contributed by atoms with Gasteiger partial charge in [0.1, 0.15) is 6.61 Å². The van der Waals surface area contributed by atoms with Crippen LogP contribution in [0.5, 0.6) is 0 Å². The Hall–Kier alpha value is -2.51. The van der Waals surface area contributed by atoms with Gasteiger partial charge in [-0.15, -0.1) is 0 Å². The van der Waals surface area contributed by atoms with Crippen LogP contribution < -0.4 is 0 Å². The summed E-state index contributed by atoms with van der Waals surface area (Å²) in [6.45, 7) is 3.59. The van der Waals surface area contributed by atoms with E-state index in [1.165, 1.54) is 70.6 Å². The fourth-order valence-corrected chi connectivity index (χ4v) is 5.86. The van der Waals surface area contributed by atoms with E-state index in [1.54, 1.807) is 0 Å². The third-order valence-electron chi connectivity index (χ3n) is 8.70. The molecule has 54 heavy (non-hydrogen) atoms. The molecule has 0 saturated carbocycles. The van der Waals surface area contributed by atoms with Crippen molar-refractivity contribution in [1.82, 2.24) is 0 Å². The quantitative estimate of drug-likeness (QED) is 0.0275. The molecule has 0 heterocycles. The molecule has 0 radical (unpaired) electrons. The standard InChI is InChI=1S/C45H77O8P/c1-3-5-7-9-11-13-15-17-19-21-22-24-25-27-29-31-33-35-37-39-44(46)51-41-43(42-52-54(48,49)50)53-45(47)40-38-36-34-32-30-28-26-23-20-18-16-14-12-10-8-6-4-2/h11-14,17-20,22,24,27,29,43H,3-10,15-16,21,23,25-26,28,30-42H2,1-2H3,(H2,48,49,50)/b13-11+,14-12+,19-17+,20-18+,24-22+,29-27+/t43-/m1/s1. The normalized spacial score (nSPS) is 13.2. The summed E-state index contributed by atoms with van der Waals surface area (Å²) in [5.74, 6) is -0.934. The lowest BCUT2D eigenvalue weighted by molar-refractivity contribution is -0.161. The van der Waals surface area contributed by atoms with Crippen molar-refractivity contribution in [3.05, 3.63) is 72.9 Å². The van der Waals surface area contributed by atoms with Crippen LogP contribution in [-0.4, -0.2) is 41.0 Å². The minimum Gasteiger partial charge on any atom is -0.462 e. The Balaban J connectivity index is 4.01. The number of phosphoric acid groups is 1.